The number of rotatable bonds is 5. The lowest BCUT2D eigenvalue weighted by Crippen LogP contribution is -2.13. The van der Waals surface area contributed by atoms with E-state index in [2.05, 4.69) is 15.1 Å². The summed E-state index contributed by atoms with van der Waals surface area (Å²) in [6.07, 6.45) is 6.90. The molecule has 102 valence electrons. The number of aryl methyl sites for hydroxylation is 1. The lowest BCUT2D eigenvalue weighted by atomic mass is 9.83. The summed E-state index contributed by atoms with van der Waals surface area (Å²) in [4.78, 5) is 8.67. The van der Waals surface area contributed by atoms with Crippen LogP contribution in [0.4, 0.5) is 0 Å². The van der Waals surface area contributed by atoms with E-state index in [9.17, 15) is 0 Å². The lowest BCUT2D eigenvalue weighted by molar-refractivity contribution is 0.0908. The molecule has 0 aliphatic heterocycles. The molecule has 0 radical (unpaired) electrons. The highest BCUT2D eigenvalue weighted by molar-refractivity contribution is 6.33. The summed E-state index contributed by atoms with van der Waals surface area (Å²) in [5, 5.41) is 5.35. The zero-order valence-corrected chi connectivity index (χ0v) is 11.7. The van der Waals surface area contributed by atoms with Gasteiger partial charge in [0, 0.05) is 13.7 Å². The number of aromatic nitrogens is 4. The zero-order chi connectivity index (χ0) is 13.2. The Bertz CT molecular complexity index is 579. The maximum absolute atomic E-state index is 6.11. The van der Waals surface area contributed by atoms with Crippen LogP contribution >= 0.6 is 11.6 Å². The fourth-order valence-corrected chi connectivity index (χ4v) is 2.52. The van der Waals surface area contributed by atoms with Gasteiger partial charge in [-0.05, 0) is 12.3 Å². The second kappa shape index (κ2) is 5.43. The Balaban J connectivity index is 1.62. The first-order valence-corrected chi connectivity index (χ1v) is 7.03. The number of hydrogen-bond acceptors (Lipinski definition) is 4. The van der Waals surface area contributed by atoms with Gasteiger partial charge in [0.1, 0.15) is 11.8 Å². The highest BCUT2D eigenvalue weighted by Crippen LogP contribution is 2.29. The van der Waals surface area contributed by atoms with Crippen molar-refractivity contribution in [1.82, 2.24) is 19.7 Å². The smallest absolute Gasteiger partial charge is 0.162 e. The van der Waals surface area contributed by atoms with Gasteiger partial charge >= 0.3 is 0 Å². The molecule has 1 aliphatic carbocycles. The predicted molar refractivity (Wildman–Crippen MR) is 72.9 cm³/mol. The van der Waals surface area contributed by atoms with E-state index in [0.29, 0.717) is 17.6 Å². The number of halogens is 1. The van der Waals surface area contributed by atoms with Gasteiger partial charge in [-0.25, -0.2) is 9.97 Å². The third kappa shape index (κ3) is 2.72. The molecule has 1 aliphatic rings. The highest BCUT2D eigenvalue weighted by atomic mass is 35.5. The van der Waals surface area contributed by atoms with E-state index >= 15 is 0 Å². The molecule has 0 aromatic carbocycles. The van der Waals surface area contributed by atoms with Crippen LogP contribution in [0.2, 0.25) is 5.15 Å². The summed E-state index contributed by atoms with van der Waals surface area (Å²) in [6, 6.07) is 0. The summed E-state index contributed by atoms with van der Waals surface area (Å²) >= 11 is 6.11. The van der Waals surface area contributed by atoms with Crippen molar-refractivity contribution in [2.45, 2.75) is 32.3 Å². The van der Waals surface area contributed by atoms with Gasteiger partial charge in [0.2, 0.25) is 0 Å². The van der Waals surface area contributed by atoms with Gasteiger partial charge in [0.05, 0.1) is 11.6 Å². The minimum Gasteiger partial charge on any atom is -0.373 e. The van der Waals surface area contributed by atoms with Crippen LogP contribution < -0.4 is 0 Å². The Hall–Kier alpha value is -1.20. The zero-order valence-electron chi connectivity index (χ0n) is 11.0. The minimum atomic E-state index is 0.410. The van der Waals surface area contributed by atoms with Crippen molar-refractivity contribution in [2.75, 3.05) is 6.61 Å². The second-order valence-corrected chi connectivity index (χ2v) is 5.43. The molecule has 0 saturated heterocycles. The molecule has 5 nitrogen and oxygen atoms in total. The topological polar surface area (TPSA) is 52.8 Å². The molecule has 3 rings (SSSR count). The molecule has 2 heterocycles. The molecule has 0 unspecified atom stereocenters. The first-order chi connectivity index (χ1) is 9.24. The molecule has 19 heavy (non-hydrogen) atoms. The van der Waals surface area contributed by atoms with Crippen molar-refractivity contribution in [3.05, 3.63) is 17.2 Å². The molecular formula is C13H17ClN4O. The van der Waals surface area contributed by atoms with E-state index in [-0.39, 0.29) is 0 Å². The third-order valence-corrected chi connectivity index (χ3v) is 4.01. The number of ether oxygens (including phenoxy) is 1. The van der Waals surface area contributed by atoms with E-state index in [1.165, 1.54) is 19.3 Å². The standard InChI is InChI=1S/C13H17ClN4O/c1-18-13-10(7-15-18)12(14)16-11(17-13)8-19-6-5-9-3-2-4-9/h7,9H,2-6,8H2,1H3. The Kier molecular flexibility index (Phi) is 3.66. The largest absolute Gasteiger partial charge is 0.373 e. The number of hydrogen-bond donors (Lipinski definition) is 0. The van der Waals surface area contributed by atoms with Crippen molar-refractivity contribution in [1.29, 1.82) is 0 Å². The summed E-state index contributed by atoms with van der Waals surface area (Å²) in [5.41, 5.74) is 0.748. The van der Waals surface area contributed by atoms with Crippen LogP contribution in [0.3, 0.4) is 0 Å². The molecule has 2 aromatic rings. The molecular weight excluding hydrogens is 264 g/mol. The Morgan fingerprint density at radius 2 is 2.26 bits per heavy atom. The first-order valence-electron chi connectivity index (χ1n) is 6.66. The van der Waals surface area contributed by atoms with Crippen molar-refractivity contribution in [3.63, 3.8) is 0 Å². The van der Waals surface area contributed by atoms with E-state index in [1.54, 1.807) is 10.9 Å². The minimum absolute atomic E-state index is 0.410. The molecule has 6 heteroatoms. The molecule has 0 amide bonds. The van der Waals surface area contributed by atoms with Gasteiger partial charge in [-0.15, -0.1) is 0 Å². The van der Waals surface area contributed by atoms with Crippen molar-refractivity contribution in [3.8, 4) is 0 Å². The SMILES string of the molecule is Cn1ncc2c(Cl)nc(COCCC3CCC3)nc21. The summed E-state index contributed by atoms with van der Waals surface area (Å²) in [5.74, 6) is 1.48. The Morgan fingerprint density at radius 3 is 3.00 bits per heavy atom. The maximum atomic E-state index is 6.11. The van der Waals surface area contributed by atoms with Crippen LogP contribution in [0.15, 0.2) is 6.20 Å². The van der Waals surface area contributed by atoms with Crippen LogP contribution in [0.5, 0.6) is 0 Å². The second-order valence-electron chi connectivity index (χ2n) is 5.07. The van der Waals surface area contributed by atoms with Crippen molar-refractivity contribution in [2.24, 2.45) is 13.0 Å². The monoisotopic (exact) mass is 280 g/mol. The van der Waals surface area contributed by atoms with E-state index in [0.717, 1.165) is 30.0 Å². The van der Waals surface area contributed by atoms with E-state index in [1.807, 2.05) is 7.05 Å². The van der Waals surface area contributed by atoms with Gasteiger partial charge in [-0.3, -0.25) is 4.68 Å². The van der Waals surface area contributed by atoms with Gasteiger partial charge < -0.3 is 4.74 Å². The summed E-state index contributed by atoms with van der Waals surface area (Å²) in [6.45, 7) is 1.18. The van der Waals surface area contributed by atoms with Crippen LogP contribution in [0, 0.1) is 5.92 Å². The number of nitrogens with zero attached hydrogens (tertiary/aromatic N) is 4. The van der Waals surface area contributed by atoms with Crippen molar-refractivity contribution >= 4 is 22.6 Å². The van der Waals surface area contributed by atoms with Crippen LogP contribution in [0.1, 0.15) is 31.5 Å². The maximum Gasteiger partial charge on any atom is 0.162 e. The van der Waals surface area contributed by atoms with Crippen LogP contribution in [-0.2, 0) is 18.4 Å². The Labute approximate surface area is 116 Å². The number of fused-ring (bicyclic) bond motifs is 1. The predicted octanol–water partition coefficient (Wildman–Crippen LogP) is 2.72. The molecule has 0 spiro atoms. The molecule has 0 atom stereocenters. The Morgan fingerprint density at radius 1 is 1.42 bits per heavy atom. The van der Waals surface area contributed by atoms with Gasteiger partial charge in [-0.1, -0.05) is 30.9 Å². The van der Waals surface area contributed by atoms with Gasteiger partial charge in [0.15, 0.2) is 11.5 Å². The van der Waals surface area contributed by atoms with Gasteiger partial charge in [0.25, 0.3) is 0 Å². The fourth-order valence-electron chi connectivity index (χ4n) is 2.29. The van der Waals surface area contributed by atoms with Crippen molar-refractivity contribution < 1.29 is 4.74 Å². The van der Waals surface area contributed by atoms with E-state index < -0.39 is 0 Å². The third-order valence-electron chi connectivity index (χ3n) is 3.72. The highest BCUT2D eigenvalue weighted by Gasteiger charge is 2.16. The first kappa shape index (κ1) is 12.8. The molecule has 0 N–H and O–H groups in total. The molecule has 1 saturated carbocycles. The van der Waals surface area contributed by atoms with E-state index in [4.69, 9.17) is 16.3 Å². The average Bonchev–Trinajstić information content (AvgIpc) is 2.69. The lowest BCUT2D eigenvalue weighted by Gasteiger charge is -2.24. The summed E-state index contributed by atoms with van der Waals surface area (Å²) in [7, 11) is 1.84. The molecule has 0 bridgehead atoms. The van der Waals surface area contributed by atoms with Crippen LogP contribution in [0.25, 0.3) is 11.0 Å². The summed E-state index contributed by atoms with van der Waals surface area (Å²) < 4.78 is 7.33. The van der Waals surface area contributed by atoms with Gasteiger partial charge in [-0.2, -0.15) is 5.10 Å². The molecule has 1 fully saturated rings. The van der Waals surface area contributed by atoms with Crippen LogP contribution in [-0.4, -0.2) is 26.4 Å². The quantitative estimate of drug-likeness (QED) is 0.624. The molecule has 2 aromatic heterocycles. The fraction of sp³-hybridized carbons (Fsp3) is 0.615. The normalized spacial score (nSPS) is 15.9. The average molecular weight is 281 g/mol.